The highest BCUT2D eigenvalue weighted by Crippen LogP contribution is 2.17. The highest BCUT2D eigenvalue weighted by atomic mass is 32.2. The van der Waals surface area contributed by atoms with E-state index in [1.165, 1.54) is 0 Å². The molecule has 0 amide bonds. The quantitative estimate of drug-likeness (QED) is 0.709. The molecule has 1 N–H and O–H groups in total. The Kier molecular flexibility index (Phi) is 2.06. The van der Waals surface area contributed by atoms with Gasteiger partial charge in [0, 0.05) is 17.1 Å². The minimum absolute atomic E-state index is 0.116. The molecule has 68 valence electrons. The molecule has 3 nitrogen and oxygen atoms in total. The SMILES string of the molecule is O=[SH](=O)Cc1cccc2[nH]ccc12. The van der Waals surface area contributed by atoms with Gasteiger partial charge in [0.2, 0.25) is 0 Å². The van der Waals surface area contributed by atoms with Crippen molar-refractivity contribution in [3.63, 3.8) is 0 Å². The number of hydrogen-bond donors (Lipinski definition) is 2. The van der Waals surface area contributed by atoms with E-state index in [0.717, 1.165) is 16.5 Å². The largest absolute Gasteiger partial charge is 0.361 e. The van der Waals surface area contributed by atoms with E-state index in [1.54, 1.807) is 0 Å². The van der Waals surface area contributed by atoms with Crippen LogP contribution in [0.4, 0.5) is 0 Å². The Morgan fingerprint density at radius 2 is 2.08 bits per heavy atom. The summed E-state index contributed by atoms with van der Waals surface area (Å²) < 4.78 is 21.1. The average Bonchev–Trinajstić information content (AvgIpc) is 2.51. The fourth-order valence-electron chi connectivity index (χ4n) is 1.43. The number of thiol groups is 1. The van der Waals surface area contributed by atoms with E-state index in [4.69, 9.17) is 0 Å². The van der Waals surface area contributed by atoms with Gasteiger partial charge in [-0.2, -0.15) is 0 Å². The summed E-state index contributed by atoms with van der Waals surface area (Å²) in [6.07, 6.45) is 1.81. The second kappa shape index (κ2) is 3.22. The summed E-state index contributed by atoms with van der Waals surface area (Å²) in [6, 6.07) is 7.51. The van der Waals surface area contributed by atoms with Crippen molar-refractivity contribution in [3.8, 4) is 0 Å². The van der Waals surface area contributed by atoms with Crippen LogP contribution < -0.4 is 0 Å². The van der Waals surface area contributed by atoms with Crippen LogP contribution in [0.25, 0.3) is 10.9 Å². The van der Waals surface area contributed by atoms with Crippen LogP contribution in [0.1, 0.15) is 5.56 Å². The van der Waals surface area contributed by atoms with Crippen molar-refractivity contribution in [2.75, 3.05) is 0 Å². The van der Waals surface area contributed by atoms with Crippen molar-refractivity contribution in [2.24, 2.45) is 0 Å². The lowest BCUT2D eigenvalue weighted by atomic mass is 10.1. The lowest BCUT2D eigenvalue weighted by Gasteiger charge is -1.96. The molecule has 2 rings (SSSR count). The summed E-state index contributed by atoms with van der Waals surface area (Å²) >= 11 is 0. The summed E-state index contributed by atoms with van der Waals surface area (Å²) in [7, 11) is -2.34. The highest BCUT2D eigenvalue weighted by molar-refractivity contribution is 7.71. The van der Waals surface area contributed by atoms with E-state index in [2.05, 4.69) is 4.98 Å². The molecule has 0 spiro atoms. The predicted molar refractivity (Wildman–Crippen MR) is 52.3 cm³/mol. The normalized spacial score (nSPS) is 11.2. The molecule has 0 fully saturated rings. The van der Waals surface area contributed by atoms with E-state index in [1.807, 2.05) is 30.5 Å². The number of fused-ring (bicyclic) bond motifs is 1. The first-order chi connectivity index (χ1) is 6.27. The topological polar surface area (TPSA) is 49.9 Å². The zero-order valence-electron chi connectivity index (χ0n) is 6.86. The molecule has 2 aromatic rings. The van der Waals surface area contributed by atoms with Gasteiger partial charge in [0.15, 0.2) is 0 Å². The minimum Gasteiger partial charge on any atom is -0.361 e. The predicted octanol–water partition coefficient (Wildman–Crippen LogP) is 1.28. The van der Waals surface area contributed by atoms with Crippen LogP contribution in [0, 0.1) is 0 Å². The van der Waals surface area contributed by atoms with Crippen LogP contribution in [0.2, 0.25) is 0 Å². The van der Waals surface area contributed by atoms with Gasteiger partial charge in [-0.1, -0.05) is 12.1 Å². The summed E-state index contributed by atoms with van der Waals surface area (Å²) in [5.41, 5.74) is 1.84. The number of aromatic amines is 1. The first-order valence-electron chi connectivity index (χ1n) is 3.94. The maximum absolute atomic E-state index is 10.6. The van der Waals surface area contributed by atoms with Gasteiger partial charge in [0.25, 0.3) is 0 Å². The Labute approximate surface area is 77.3 Å². The number of H-pyrrole nitrogens is 1. The van der Waals surface area contributed by atoms with Crippen LogP contribution in [0.5, 0.6) is 0 Å². The molecule has 0 radical (unpaired) electrons. The monoisotopic (exact) mass is 195 g/mol. The van der Waals surface area contributed by atoms with E-state index in [-0.39, 0.29) is 5.75 Å². The molecule has 0 saturated heterocycles. The van der Waals surface area contributed by atoms with Gasteiger partial charge >= 0.3 is 0 Å². The van der Waals surface area contributed by atoms with Crippen LogP contribution in [-0.2, 0) is 16.5 Å². The van der Waals surface area contributed by atoms with Gasteiger partial charge in [-0.15, -0.1) is 0 Å². The third-order valence-corrected chi connectivity index (χ3v) is 2.58. The van der Waals surface area contributed by atoms with Gasteiger partial charge in [-0.25, -0.2) is 8.42 Å². The molecular formula is C9H9NO2S. The molecule has 1 heterocycles. The third kappa shape index (κ3) is 1.58. The van der Waals surface area contributed by atoms with Crippen molar-refractivity contribution in [3.05, 3.63) is 36.0 Å². The molecule has 1 aromatic carbocycles. The van der Waals surface area contributed by atoms with Crippen molar-refractivity contribution in [2.45, 2.75) is 5.75 Å². The molecule has 0 atom stereocenters. The molecule has 0 aliphatic rings. The molecule has 0 bridgehead atoms. The Morgan fingerprint density at radius 1 is 1.23 bits per heavy atom. The van der Waals surface area contributed by atoms with Crippen molar-refractivity contribution >= 4 is 21.6 Å². The van der Waals surface area contributed by atoms with Crippen LogP contribution >= 0.6 is 0 Å². The summed E-state index contributed by atoms with van der Waals surface area (Å²) in [6.45, 7) is 0. The van der Waals surface area contributed by atoms with Gasteiger partial charge in [-0.3, -0.25) is 0 Å². The smallest absolute Gasteiger partial charge is 0.144 e. The van der Waals surface area contributed by atoms with Crippen molar-refractivity contribution < 1.29 is 8.42 Å². The Balaban J connectivity index is 2.60. The van der Waals surface area contributed by atoms with E-state index >= 15 is 0 Å². The molecule has 13 heavy (non-hydrogen) atoms. The van der Waals surface area contributed by atoms with Gasteiger partial charge < -0.3 is 4.98 Å². The number of hydrogen-bond acceptors (Lipinski definition) is 2. The third-order valence-electron chi connectivity index (χ3n) is 1.98. The fourth-order valence-corrected chi connectivity index (χ4v) is 1.98. The summed E-state index contributed by atoms with van der Waals surface area (Å²) in [5, 5.41) is 0.988. The number of aromatic nitrogens is 1. The Bertz CT molecular complexity index is 491. The Hall–Kier alpha value is -1.29. The highest BCUT2D eigenvalue weighted by Gasteiger charge is 2.01. The van der Waals surface area contributed by atoms with Gasteiger partial charge in [-0.05, 0) is 17.7 Å². The lowest BCUT2D eigenvalue weighted by molar-refractivity contribution is 0.614. The molecule has 0 aliphatic carbocycles. The van der Waals surface area contributed by atoms with Gasteiger partial charge in [0.1, 0.15) is 10.7 Å². The molecule has 1 aromatic heterocycles. The van der Waals surface area contributed by atoms with E-state index in [0.29, 0.717) is 0 Å². The molecule has 0 saturated carbocycles. The fraction of sp³-hybridized carbons (Fsp3) is 0.111. The van der Waals surface area contributed by atoms with Crippen LogP contribution in [0.15, 0.2) is 30.5 Å². The maximum atomic E-state index is 10.6. The first-order valence-corrected chi connectivity index (χ1v) is 5.30. The van der Waals surface area contributed by atoms with Gasteiger partial charge in [0.05, 0.1) is 5.75 Å². The second-order valence-corrected chi connectivity index (χ2v) is 3.83. The number of benzene rings is 1. The van der Waals surface area contributed by atoms with E-state index < -0.39 is 10.7 Å². The van der Waals surface area contributed by atoms with Crippen molar-refractivity contribution in [1.82, 2.24) is 4.98 Å². The van der Waals surface area contributed by atoms with Crippen LogP contribution in [-0.4, -0.2) is 13.4 Å². The van der Waals surface area contributed by atoms with Crippen molar-refractivity contribution in [1.29, 1.82) is 0 Å². The molecule has 0 unspecified atom stereocenters. The molecular weight excluding hydrogens is 186 g/mol. The lowest BCUT2D eigenvalue weighted by Crippen LogP contribution is -1.86. The summed E-state index contributed by atoms with van der Waals surface area (Å²) in [4.78, 5) is 3.04. The maximum Gasteiger partial charge on any atom is 0.144 e. The zero-order valence-corrected chi connectivity index (χ0v) is 7.75. The van der Waals surface area contributed by atoms with Crippen LogP contribution in [0.3, 0.4) is 0 Å². The zero-order chi connectivity index (χ0) is 9.26. The molecule has 0 aliphatic heterocycles. The Morgan fingerprint density at radius 3 is 2.85 bits per heavy atom. The number of nitrogens with one attached hydrogen (secondary N) is 1. The standard InChI is InChI=1S/C9H9NO2S/c11-13(12)6-7-2-1-3-9-8(7)4-5-10-9/h1-5,10,13H,6H2. The number of rotatable bonds is 2. The van der Waals surface area contributed by atoms with E-state index in [9.17, 15) is 8.42 Å². The first kappa shape index (κ1) is 8.31. The summed E-state index contributed by atoms with van der Waals surface area (Å²) in [5.74, 6) is 0.116. The minimum atomic E-state index is -2.34. The second-order valence-electron chi connectivity index (χ2n) is 2.85. The molecule has 4 heteroatoms. The average molecular weight is 195 g/mol.